The van der Waals surface area contributed by atoms with Crippen molar-refractivity contribution in [2.75, 3.05) is 17.7 Å². The highest BCUT2D eigenvalue weighted by Crippen LogP contribution is 2.22. The van der Waals surface area contributed by atoms with Crippen LogP contribution in [0.2, 0.25) is 5.15 Å². The monoisotopic (exact) mass is 264 g/mol. The van der Waals surface area contributed by atoms with Gasteiger partial charge in [0.25, 0.3) is 0 Å². The Morgan fingerprint density at radius 3 is 2.89 bits per heavy atom. The molecule has 1 aromatic carbocycles. The van der Waals surface area contributed by atoms with E-state index in [2.05, 4.69) is 15.3 Å². The van der Waals surface area contributed by atoms with Crippen LogP contribution >= 0.6 is 11.6 Å². The highest BCUT2D eigenvalue weighted by atomic mass is 35.5. The predicted octanol–water partition coefficient (Wildman–Crippen LogP) is 2.85. The summed E-state index contributed by atoms with van der Waals surface area (Å²) in [4.78, 5) is 7.83. The summed E-state index contributed by atoms with van der Waals surface area (Å²) in [6.45, 7) is 2.56. The van der Waals surface area contributed by atoms with Crippen LogP contribution in [0.15, 0.2) is 30.3 Å². The molecule has 0 amide bonds. The minimum absolute atomic E-state index is 0.131. The van der Waals surface area contributed by atoms with Crippen molar-refractivity contribution in [2.24, 2.45) is 0 Å². The average Bonchev–Trinajstić information content (AvgIpc) is 2.28. The summed E-state index contributed by atoms with van der Waals surface area (Å²) in [6, 6.07) is 9.14. The lowest BCUT2D eigenvalue weighted by molar-refractivity contribution is 0.340. The maximum Gasteiger partial charge on any atom is 0.223 e. The molecule has 0 spiro atoms. The SMILES string of the molecule is CCOc1cccc(Nc2cc(Cl)nc(N)n2)c1. The molecule has 0 radical (unpaired) electrons. The number of anilines is 3. The first-order valence-corrected chi connectivity index (χ1v) is 5.85. The van der Waals surface area contributed by atoms with E-state index >= 15 is 0 Å². The summed E-state index contributed by atoms with van der Waals surface area (Å²) >= 11 is 5.80. The number of hydrogen-bond acceptors (Lipinski definition) is 5. The van der Waals surface area contributed by atoms with E-state index in [1.807, 2.05) is 31.2 Å². The Kier molecular flexibility index (Phi) is 3.84. The van der Waals surface area contributed by atoms with E-state index in [0.29, 0.717) is 17.6 Å². The molecule has 1 aromatic heterocycles. The molecule has 0 aliphatic rings. The summed E-state index contributed by atoms with van der Waals surface area (Å²) in [5.74, 6) is 1.46. The van der Waals surface area contributed by atoms with Gasteiger partial charge in [0, 0.05) is 17.8 Å². The normalized spacial score (nSPS) is 10.1. The highest BCUT2D eigenvalue weighted by Gasteiger charge is 2.02. The molecule has 18 heavy (non-hydrogen) atoms. The number of halogens is 1. The third kappa shape index (κ3) is 3.24. The van der Waals surface area contributed by atoms with Gasteiger partial charge in [-0.25, -0.2) is 4.98 Å². The number of nitrogen functional groups attached to an aromatic ring is 1. The van der Waals surface area contributed by atoms with Gasteiger partial charge in [0.2, 0.25) is 5.95 Å². The maximum absolute atomic E-state index is 5.80. The largest absolute Gasteiger partial charge is 0.494 e. The summed E-state index contributed by atoms with van der Waals surface area (Å²) in [5.41, 5.74) is 6.36. The topological polar surface area (TPSA) is 73.1 Å². The van der Waals surface area contributed by atoms with Gasteiger partial charge in [0.1, 0.15) is 16.7 Å². The zero-order chi connectivity index (χ0) is 13.0. The zero-order valence-electron chi connectivity index (χ0n) is 9.85. The average molecular weight is 265 g/mol. The molecule has 0 unspecified atom stereocenters. The summed E-state index contributed by atoms with van der Waals surface area (Å²) in [7, 11) is 0. The minimum Gasteiger partial charge on any atom is -0.494 e. The Labute approximate surface area is 110 Å². The van der Waals surface area contributed by atoms with Gasteiger partial charge in [-0.1, -0.05) is 17.7 Å². The third-order valence-corrected chi connectivity index (χ3v) is 2.32. The quantitative estimate of drug-likeness (QED) is 0.831. The fraction of sp³-hybridized carbons (Fsp3) is 0.167. The number of rotatable bonds is 4. The summed E-state index contributed by atoms with van der Waals surface area (Å²) < 4.78 is 5.41. The minimum atomic E-state index is 0.131. The van der Waals surface area contributed by atoms with Crippen molar-refractivity contribution >= 4 is 29.1 Å². The van der Waals surface area contributed by atoms with E-state index in [9.17, 15) is 0 Å². The van der Waals surface area contributed by atoms with Gasteiger partial charge in [0.05, 0.1) is 6.61 Å². The summed E-state index contributed by atoms with van der Waals surface area (Å²) in [6.07, 6.45) is 0. The van der Waals surface area contributed by atoms with Crippen molar-refractivity contribution in [3.05, 3.63) is 35.5 Å². The smallest absolute Gasteiger partial charge is 0.223 e. The van der Waals surface area contributed by atoms with Crippen molar-refractivity contribution in [3.8, 4) is 5.75 Å². The van der Waals surface area contributed by atoms with Crippen LogP contribution < -0.4 is 15.8 Å². The van der Waals surface area contributed by atoms with Gasteiger partial charge in [-0.3, -0.25) is 0 Å². The molecule has 0 saturated heterocycles. The second kappa shape index (κ2) is 5.55. The molecule has 0 fully saturated rings. The first kappa shape index (κ1) is 12.4. The number of benzene rings is 1. The molecule has 5 nitrogen and oxygen atoms in total. The van der Waals surface area contributed by atoms with Crippen molar-refractivity contribution in [2.45, 2.75) is 6.92 Å². The van der Waals surface area contributed by atoms with Gasteiger partial charge >= 0.3 is 0 Å². The van der Waals surface area contributed by atoms with Crippen LogP contribution in [0.5, 0.6) is 5.75 Å². The molecule has 0 aliphatic carbocycles. The highest BCUT2D eigenvalue weighted by molar-refractivity contribution is 6.29. The number of aromatic nitrogens is 2. The van der Waals surface area contributed by atoms with Gasteiger partial charge < -0.3 is 15.8 Å². The molecule has 1 heterocycles. The number of hydrogen-bond donors (Lipinski definition) is 2. The molecule has 0 atom stereocenters. The van der Waals surface area contributed by atoms with E-state index < -0.39 is 0 Å². The first-order valence-electron chi connectivity index (χ1n) is 5.47. The van der Waals surface area contributed by atoms with E-state index in [1.54, 1.807) is 6.07 Å². The van der Waals surface area contributed by atoms with Crippen molar-refractivity contribution in [1.29, 1.82) is 0 Å². The Hall–Kier alpha value is -2.01. The summed E-state index contributed by atoms with van der Waals surface area (Å²) in [5, 5.41) is 3.39. The third-order valence-electron chi connectivity index (χ3n) is 2.13. The number of nitrogens with zero attached hydrogens (tertiary/aromatic N) is 2. The van der Waals surface area contributed by atoms with Gasteiger partial charge in [-0.15, -0.1) is 0 Å². The van der Waals surface area contributed by atoms with E-state index in [1.165, 1.54) is 0 Å². The standard InChI is InChI=1S/C12H13ClN4O/c1-2-18-9-5-3-4-8(6-9)15-11-7-10(13)16-12(14)17-11/h3-7H,2H2,1H3,(H3,14,15,16,17). The van der Waals surface area contributed by atoms with Crippen LogP contribution in [-0.4, -0.2) is 16.6 Å². The Morgan fingerprint density at radius 1 is 1.33 bits per heavy atom. The van der Waals surface area contributed by atoms with E-state index in [-0.39, 0.29) is 5.95 Å². The second-order valence-corrected chi connectivity index (χ2v) is 3.91. The number of nitrogens with one attached hydrogen (secondary N) is 1. The van der Waals surface area contributed by atoms with Crippen LogP contribution in [-0.2, 0) is 0 Å². The molecule has 6 heteroatoms. The van der Waals surface area contributed by atoms with Crippen LogP contribution in [0.25, 0.3) is 0 Å². The fourth-order valence-electron chi connectivity index (χ4n) is 1.48. The molecular formula is C12H13ClN4O. The van der Waals surface area contributed by atoms with Crippen molar-refractivity contribution in [1.82, 2.24) is 9.97 Å². The lowest BCUT2D eigenvalue weighted by atomic mass is 10.3. The first-order chi connectivity index (χ1) is 8.67. The number of nitrogens with two attached hydrogens (primary N) is 1. The van der Waals surface area contributed by atoms with E-state index in [0.717, 1.165) is 11.4 Å². The van der Waals surface area contributed by atoms with Crippen LogP contribution in [0.3, 0.4) is 0 Å². The molecule has 2 aromatic rings. The molecular weight excluding hydrogens is 252 g/mol. The Morgan fingerprint density at radius 2 is 2.17 bits per heavy atom. The molecule has 2 rings (SSSR count). The maximum atomic E-state index is 5.80. The predicted molar refractivity (Wildman–Crippen MR) is 72.3 cm³/mol. The second-order valence-electron chi connectivity index (χ2n) is 3.52. The van der Waals surface area contributed by atoms with Gasteiger partial charge in [-0.05, 0) is 19.1 Å². The lowest BCUT2D eigenvalue weighted by Gasteiger charge is -2.08. The van der Waals surface area contributed by atoms with Gasteiger partial charge in [0.15, 0.2) is 0 Å². The van der Waals surface area contributed by atoms with Crippen LogP contribution in [0.1, 0.15) is 6.92 Å². The van der Waals surface area contributed by atoms with Gasteiger partial charge in [-0.2, -0.15) is 4.98 Å². The van der Waals surface area contributed by atoms with Crippen molar-refractivity contribution in [3.63, 3.8) is 0 Å². The van der Waals surface area contributed by atoms with Crippen LogP contribution in [0.4, 0.5) is 17.5 Å². The molecule has 3 N–H and O–H groups in total. The Bertz CT molecular complexity index is 527. The zero-order valence-corrected chi connectivity index (χ0v) is 10.6. The molecule has 0 bridgehead atoms. The van der Waals surface area contributed by atoms with Crippen LogP contribution in [0, 0.1) is 0 Å². The van der Waals surface area contributed by atoms with Crippen molar-refractivity contribution < 1.29 is 4.74 Å². The Balaban J connectivity index is 2.20. The lowest BCUT2D eigenvalue weighted by Crippen LogP contribution is -2.00. The fourth-order valence-corrected chi connectivity index (χ4v) is 1.67. The number of ether oxygens (including phenoxy) is 1. The molecule has 94 valence electrons. The molecule has 0 saturated carbocycles. The molecule has 0 aliphatic heterocycles. The van der Waals surface area contributed by atoms with E-state index in [4.69, 9.17) is 22.1 Å².